The molecule has 3 nitrogen and oxygen atoms in total. The predicted octanol–water partition coefficient (Wildman–Crippen LogP) is 1.90. The second-order valence-electron chi connectivity index (χ2n) is 3.23. The molecule has 0 unspecified atom stereocenters. The zero-order valence-corrected chi connectivity index (χ0v) is 9.00. The topological polar surface area (TPSA) is 59.1 Å². The molecule has 0 atom stereocenters. The Kier molecular flexibility index (Phi) is 2.99. The Morgan fingerprint density at radius 2 is 2.13 bits per heavy atom. The molecule has 2 aromatic rings. The van der Waals surface area contributed by atoms with Crippen molar-refractivity contribution in [2.45, 2.75) is 13.0 Å². The van der Waals surface area contributed by atoms with Gasteiger partial charge in [0.15, 0.2) is 0 Å². The molecular formula is C11H12N2OS. The van der Waals surface area contributed by atoms with Crippen molar-refractivity contribution >= 4 is 11.3 Å². The van der Waals surface area contributed by atoms with Gasteiger partial charge in [0.1, 0.15) is 5.75 Å². The first-order valence-electron chi connectivity index (χ1n) is 4.70. The molecular weight excluding hydrogens is 208 g/mol. The number of hydrogen-bond donors (Lipinski definition) is 2. The molecule has 3 N–H and O–H groups in total. The van der Waals surface area contributed by atoms with E-state index in [1.54, 1.807) is 23.6 Å². The van der Waals surface area contributed by atoms with Crippen LogP contribution in [0.1, 0.15) is 15.4 Å². The van der Waals surface area contributed by atoms with E-state index in [0.717, 1.165) is 15.4 Å². The summed E-state index contributed by atoms with van der Waals surface area (Å²) >= 11 is 1.59. The second kappa shape index (κ2) is 4.42. The summed E-state index contributed by atoms with van der Waals surface area (Å²) in [6.07, 6.45) is 2.46. The molecule has 1 heterocycles. The molecule has 0 saturated heterocycles. The van der Waals surface area contributed by atoms with Crippen LogP contribution in [-0.2, 0) is 13.0 Å². The minimum Gasteiger partial charge on any atom is -0.508 e. The van der Waals surface area contributed by atoms with Gasteiger partial charge in [-0.3, -0.25) is 0 Å². The maximum Gasteiger partial charge on any atom is 0.119 e. The van der Waals surface area contributed by atoms with Gasteiger partial charge in [-0.1, -0.05) is 18.2 Å². The number of phenols is 1. The fourth-order valence-corrected chi connectivity index (χ4v) is 2.17. The summed E-state index contributed by atoms with van der Waals surface area (Å²) < 4.78 is 0. The molecule has 1 aromatic carbocycles. The van der Waals surface area contributed by atoms with Gasteiger partial charge in [-0.05, 0) is 6.07 Å². The zero-order valence-electron chi connectivity index (χ0n) is 8.18. The average molecular weight is 220 g/mol. The first-order valence-corrected chi connectivity index (χ1v) is 5.52. The minimum absolute atomic E-state index is 0.321. The van der Waals surface area contributed by atoms with Gasteiger partial charge in [-0.25, -0.2) is 4.98 Å². The van der Waals surface area contributed by atoms with Crippen LogP contribution in [0.2, 0.25) is 0 Å². The van der Waals surface area contributed by atoms with Crippen LogP contribution in [0.3, 0.4) is 0 Å². The summed E-state index contributed by atoms with van der Waals surface area (Å²) in [5.41, 5.74) is 6.41. The van der Waals surface area contributed by atoms with Crippen molar-refractivity contribution in [1.82, 2.24) is 4.98 Å². The molecule has 1 aromatic heterocycles. The summed E-state index contributed by atoms with van der Waals surface area (Å²) in [4.78, 5) is 5.32. The van der Waals surface area contributed by atoms with Crippen molar-refractivity contribution in [2.24, 2.45) is 5.73 Å². The van der Waals surface area contributed by atoms with E-state index in [9.17, 15) is 5.11 Å². The van der Waals surface area contributed by atoms with Gasteiger partial charge in [0.2, 0.25) is 0 Å². The SMILES string of the molecule is NCc1cnc(Cc2ccccc2O)s1. The highest BCUT2D eigenvalue weighted by Gasteiger charge is 2.05. The first kappa shape index (κ1) is 10.1. The highest BCUT2D eigenvalue weighted by atomic mass is 32.1. The number of aromatic hydroxyl groups is 1. The van der Waals surface area contributed by atoms with Gasteiger partial charge in [-0.15, -0.1) is 11.3 Å². The molecule has 2 rings (SSSR count). The quantitative estimate of drug-likeness (QED) is 0.830. The van der Waals surface area contributed by atoms with Crippen molar-refractivity contribution in [3.8, 4) is 5.75 Å². The molecule has 0 aliphatic carbocycles. The van der Waals surface area contributed by atoms with Gasteiger partial charge in [0.05, 0.1) is 5.01 Å². The largest absolute Gasteiger partial charge is 0.508 e. The number of thiazole rings is 1. The Bertz CT molecular complexity index is 453. The third-order valence-corrected chi connectivity index (χ3v) is 3.16. The molecule has 0 spiro atoms. The average Bonchev–Trinajstić information content (AvgIpc) is 2.69. The van der Waals surface area contributed by atoms with Gasteiger partial charge in [0.25, 0.3) is 0 Å². The molecule has 0 fully saturated rings. The number of nitrogens with two attached hydrogens (primary N) is 1. The number of nitrogens with zero attached hydrogens (tertiary/aromatic N) is 1. The second-order valence-corrected chi connectivity index (χ2v) is 4.43. The number of para-hydroxylation sites is 1. The summed E-state index contributed by atoms with van der Waals surface area (Å²) in [6, 6.07) is 7.31. The summed E-state index contributed by atoms with van der Waals surface area (Å²) in [6.45, 7) is 0.526. The highest BCUT2D eigenvalue weighted by molar-refractivity contribution is 7.11. The minimum atomic E-state index is 0.321. The Hall–Kier alpha value is -1.39. The van der Waals surface area contributed by atoms with E-state index in [-0.39, 0.29) is 0 Å². The van der Waals surface area contributed by atoms with E-state index in [1.165, 1.54) is 0 Å². The van der Waals surface area contributed by atoms with E-state index in [0.29, 0.717) is 18.7 Å². The van der Waals surface area contributed by atoms with Crippen LogP contribution in [0.5, 0.6) is 5.75 Å². The molecule has 0 amide bonds. The van der Waals surface area contributed by atoms with Crippen molar-refractivity contribution in [2.75, 3.05) is 0 Å². The molecule has 0 bridgehead atoms. The lowest BCUT2D eigenvalue weighted by atomic mass is 10.1. The van der Waals surface area contributed by atoms with Crippen LogP contribution in [-0.4, -0.2) is 10.1 Å². The fraction of sp³-hybridized carbons (Fsp3) is 0.182. The Balaban J connectivity index is 2.18. The third-order valence-electron chi connectivity index (χ3n) is 2.14. The van der Waals surface area contributed by atoms with E-state index >= 15 is 0 Å². The molecule has 4 heteroatoms. The standard InChI is InChI=1S/C11H12N2OS/c12-6-9-7-13-11(15-9)5-8-3-1-2-4-10(8)14/h1-4,7,14H,5-6,12H2. The Labute approximate surface area is 92.2 Å². The maximum absolute atomic E-state index is 9.59. The first-order chi connectivity index (χ1) is 7.29. The summed E-state index contributed by atoms with van der Waals surface area (Å²) in [5.74, 6) is 0.321. The van der Waals surface area contributed by atoms with Crippen LogP contribution in [0.4, 0.5) is 0 Å². The van der Waals surface area contributed by atoms with Crippen LogP contribution in [0.25, 0.3) is 0 Å². The van der Waals surface area contributed by atoms with E-state index in [4.69, 9.17) is 5.73 Å². The Morgan fingerprint density at radius 3 is 2.80 bits per heavy atom. The van der Waals surface area contributed by atoms with Crippen LogP contribution in [0.15, 0.2) is 30.5 Å². The Morgan fingerprint density at radius 1 is 1.33 bits per heavy atom. The predicted molar refractivity (Wildman–Crippen MR) is 60.9 cm³/mol. The van der Waals surface area contributed by atoms with Crippen molar-refractivity contribution < 1.29 is 5.11 Å². The molecule has 0 aliphatic rings. The van der Waals surface area contributed by atoms with Gasteiger partial charge in [-0.2, -0.15) is 0 Å². The third kappa shape index (κ3) is 2.34. The van der Waals surface area contributed by atoms with E-state index < -0.39 is 0 Å². The summed E-state index contributed by atoms with van der Waals surface area (Å²) in [7, 11) is 0. The monoisotopic (exact) mass is 220 g/mol. The molecule has 0 radical (unpaired) electrons. The van der Waals surface area contributed by atoms with Gasteiger partial charge < -0.3 is 10.8 Å². The van der Waals surface area contributed by atoms with Crippen LogP contribution < -0.4 is 5.73 Å². The van der Waals surface area contributed by atoms with Crippen molar-refractivity contribution in [3.05, 3.63) is 45.9 Å². The van der Waals surface area contributed by atoms with Crippen molar-refractivity contribution in [1.29, 1.82) is 0 Å². The lowest BCUT2D eigenvalue weighted by molar-refractivity contribution is 0.469. The zero-order chi connectivity index (χ0) is 10.7. The molecule has 0 saturated carbocycles. The number of aromatic nitrogens is 1. The lowest BCUT2D eigenvalue weighted by Crippen LogP contribution is -1.91. The fourth-order valence-electron chi connectivity index (χ4n) is 1.35. The summed E-state index contributed by atoms with van der Waals surface area (Å²) in [5, 5.41) is 10.6. The number of hydrogen-bond acceptors (Lipinski definition) is 4. The molecule has 0 aliphatic heterocycles. The number of phenolic OH excluding ortho intramolecular Hbond substituents is 1. The maximum atomic E-state index is 9.59. The van der Waals surface area contributed by atoms with E-state index in [2.05, 4.69) is 4.98 Å². The highest BCUT2D eigenvalue weighted by Crippen LogP contribution is 2.22. The van der Waals surface area contributed by atoms with E-state index in [1.807, 2.05) is 18.2 Å². The van der Waals surface area contributed by atoms with Crippen LogP contribution in [0, 0.1) is 0 Å². The molecule has 78 valence electrons. The normalized spacial score (nSPS) is 10.5. The van der Waals surface area contributed by atoms with Gasteiger partial charge >= 0.3 is 0 Å². The number of benzene rings is 1. The molecule has 15 heavy (non-hydrogen) atoms. The van der Waals surface area contributed by atoms with Gasteiger partial charge in [0, 0.05) is 29.6 Å². The lowest BCUT2D eigenvalue weighted by Gasteiger charge is -2.00. The smallest absolute Gasteiger partial charge is 0.119 e. The van der Waals surface area contributed by atoms with Crippen molar-refractivity contribution in [3.63, 3.8) is 0 Å². The number of rotatable bonds is 3. The van der Waals surface area contributed by atoms with Crippen LogP contribution >= 0.6 is 11.3 Å².